The number of carboxylic acid groups (broad SMARTS) is 1. The van der Waals surface area contributed by atoms with Crippen molar-refractivity contribution in [1.29, 1.82) is 0 Å². The number of nitrogens with one attached hydrogen (secondary N) is 4. The molecule has 0 spiro atoms. The van der Waals surface area contributed by atoms with Crippen LogP contribution in [-0.4, -0.2) is 71.2 Å². The largest absolute Gasteiger partial charge is 0.480 e. The third-order valence-electron chi connectivity index (χ3n) is 4.84. The second-order valence-electron chi connectivity index (χ2n) is 7.21. The van der Waals surface area contributed by atoms with Gasteiger partial charge in [-0.15, -0.1) is 0 Å². The van der Waals surface area contributed by atoms with E-state index in [1.807, 2.05) is 0 Å². The SMILES string of the molecule is CC(NC(=O)C(CO)NC(=O)C1CCCN1)C(=O)NC(Cc1ccccc1)C(=O)O. The van der Waals surface area contributed by atoms with Crippen LogP contribution >= 0.6 is 0 Å². The van der Waals surface area contributed by atoms with Gasteiger partial charge in [0, 0.05) is 6.42 Å². The first-order chi connectivity index (χ1) is 14.3. The molecule has 1 aliphatic rings. The molecule has 30 heavy (non-hydrogen) atoms. The van der Waals surface area contributed by atoms with Gasteiger partial charge in [0.25, 0.3) is 0 Å². The summed E-state index contributed by atoms with van der Waals surface area (Å²) in [6.07, 6.45) is 1.58. The highest BCUT2D eigenvalue weighted by molar-refractivity contribution is 5.94. The van der Waals surface area contributed by atoms with Crippen molar-refractivity contribution in [2.45, 2.75) is 50.4 Å². The normalized spacial score (nSPS) is 18.7. The zero-order valence-corrected chi connectivity index (χ0v) is 16.8. The van der Waals surface area contributed by atoms with E-state index < -0.39 is 54.5 Å². The number of amides is 3. The summed E-state index contributed by atoms with van der Waals surface area (Å²) < 4.78 is 0. The second kappa shape index (κ2) is 11.3. The van der Waals surface area contributed by atoms with E-state index in [9.17, 15) is 29.4 Å². The predicted molar refractivity (Wildman–Crippen MR) is 107 cm³/mol. The molecule has 1 aromatic carbocycles. The molecule has 164 valence electrons. The topological polar surface area (TPSA) is 157 Å². The zero-order chi connectivity index (χ0) is 22.1. The fourth-order valence-electron chi connectivity index (χ4n) is 3.10. The molecule has 0 aliphatic carbocycles. The van der Waals surface area contributed by atoms with Gasteiger partial charge >= 0.3 is 5.97 Å². The first-order valence-electron chi connectivity index (χ1n) is 9.84. The Kier molecular flexibility index (Phi) is 8.75. The molecular formula is C20H28N4O6. The number of carbonyl (C=O) groups excluding carboxylic acids is 3. The van der Waals surface area contributed by atoms with Crippen LogP contribution in [0.15, 0.2) is 30.3 Å². The van der Waals surface area contributed by atoms with Crippen molar-refractivity contribution in [3.05, 3.63) is 35.9 Å². The number of hydrogen-bond acceptors (Lipinski definition) is 6. The van der Waals surface area contributed by atoms with Crippen LogP contribution in [0.3, 0.4) is 0 Å². The smallest absolute Gasteiger partial charge is 0.326 e. The molecule has 1 aliphatic heterocycles. The van der Waals surface area contributed by atoms with Gasteiger partial charge in [-0.2, -0.15) is 0 Å². The lowest BCUT2D eigenvalue weighted by Crippen LogP contribution is -2.57. The van der Waals surface area contributed by atoms with E-state index in [1.54, 1.807) is 30.3 Å². The minimum Gasteiger partial charge on any atom is -0.480 e. The maximum absolute atomic E-state index is 12.4. The number of aliphatic carboxylic acids is 1. The van der Waals surface area contributed by atoms with Gasteiger partial charge < -0.3 is 31.5 Å². The highest BCUT2D eigenvalue weighted by Crippen LogP contribution is 2.06. The van der Waals surface area contributed by atoms with Gasteiger partial charge in [0.2, 0.25) is 17.7 Å². The Morgan fingerprint density at radius 2 is 1.77 bits per heavy atom. The maximum Gasteiger partial charge on any atom is 0.326 e. The van der Waals surface area contributed by atoms with Crippen LogP contribution in [-0.2, 0) is 25.6 Å². The standard InChI is InChI=1S/C20H28N4O6/c1-12(17(26)23-15(20(29)30)10-13-6-3-2-4-7-13)22-19(28)16(11-25)24-18(27)14-8-5-9-21-14/h2-4,6-7,12,14-16,21,25H,5,8-11H2,1H3,(H,22,28)(H,23,26)(H,24,27)(H,29,30). The highest BCUT2D eigenvalue weighted by atomic mass is 16.4. The first kappa shape index (κ1) is 23.3. The van der Waals surface area contributed by atoms with Crippen LogP contribution in [0, 0.1) is 0 Å². The third kappa shape index (κ3) is 6.82. The van der Waals surface area contributed by atoms with Crippen LogP contribution in [0.5, 0.6) is 0 Å². The molecule has 6 N–H and O–H groups in total. The average molecular weight is 420 g/mol. The molecule has 2 rings (SSSR count). The van der Waals surface area contributed by atoms with Crippen molar-refractivity contribution < 1.29 is 29.4 Å². The van der Waals surface area contributed by atoms with Gasteiger partial charge in [0.1, 0.15) is 18.1 Å². The number of rotatable bonds is 10. The molecule has 1 heterocycles. The van der Waals surface area contributed by atoms with Crippen LogP contribution in [0.4, 0.5) is 0 Å². The Balaban J connectivity index is 1.89. The molecule has 0 saturated carbocycles. The molecule has 4 atom stereocenters. The third-order valence-corrected chi connectivity index (χ3v) is 4.84. The summed E-state index contributed by atoms with van der Waals surface area (Å²) in [7, 11) is 0. The molecule has 0 aromatic heterocycles. The van der Waals surface area contributed by atoms with Crippen molar-refractivity contribution in [2.75, 3.05) is 13.2 Å². The Morgan fingerprint density at radius 1 is 1.07 bits per heavy atom. The molecule has 1 saturated heterocycles. The summed E-state index contributed by atoms with van der Waals surface area (Å²) in [5, 5.41) is 29.1. The quantitative estimate of drug-likeness (QED) is 0.270. The van der Waals surface area contributed by atoms with Crippen LogP contribution in [0.2, 0.25) is 0 Å². The van der Waals surface area contributed by atoms with E-state index in [4.69, 9.17) is 0 Å². The lowest BCUT2D eigenvalue weighted by Gasteiger charge is -2.22. The monoisotopic (exact) mass is 420 g/mol. The molecule has 0 bridgehead atoms. The molecule has 10 heteroatoms. The Labute approximate surface area is 174 Å². The molecule has 1 fully saturated rings. The number of aliphatic hydroxyl groups excluding tert-OH is 1. The van der Waals surface area contributed by atoms with Gasteiger partial charge in [-0.1, -0.05) is 30.3 Å². The Hall–Kier alpha value is -2.98. The Morgan fingerprint density at radius 3 is 2.33 bits per heavy atom. The summed E-state index contributed by atoms with van der Waals surface area (Å²) in [4.78, 5) is 48.3. The molecule has 10 nitrogen and oxygen atoms in total. The van der Waals surface area contributed by atoms with E-state index in [2.05, 4.69) is 21.3 Å². The fourth-order valence-corrected chi connectivity index (χ4v) is 3.10. The minimum absolute atomic E-state index is 0.0896. The van der Waals surface area contributed by atoms with E-state index >= 15 is 0 Å². The van der Waals surface area contributed by atoms with Gasteiger partial charge in [0.05, 0.1) is 12.6 Å². The van der Waals surface area contributed by atoms with Crippen molar-refractivity contribution in [1.82, 2.24) is 21.3 Å². The van der Waals surface area contributed by atoms with E-state index in [0.717, 1.165) is 12.0 Å². The maximum atomic E-state index is 12.4. The molecular weight excluding hydrogens is 392 g/mol. The lowest BCUT2D eigenvalue weighted by atomic mass is 10.1. The summed E-state index contributed by atoms with van der Waals surface area (Å²) >= 11 is 0. The summed E-state index contributed by atoms with van der Waals surface area (Å²) in [6.45, 7) is 1.47. The highest BCUT2D eigenvalue weighted by Gasteiger charge is 2.29. The Bertz CT molecular complexity index is 751. The summed E-state index contributed by atoms with van der Waals surface area (Å²) in [5.41, 5.74) is 0.741. The van der Waals surface area contributed by atoms with Crippen molar-refractivity contribution in [2.24, 2.45) is 0 Å². The summed E-state index contributed by atoms with van der Waals surface area (Å²) in [6, 6.07) is 4.98. The van der Waals surface area contributed by atoms with Crippen LogP contribution in [0.25, 0.3) is 0 Å². The number of hydrogen-bond donors (Lipinski definition) is 6. The first-order valence-corrected chi connectivity index (χ1v) is 9.84. The van der Waals surface area contributed by atoms with E-state index in [1.165, 1.54) is 6.92 Å². The number of benzene rings is 1. The van der Waals surface area contributed by atoms with Gasteiger partial charge in [-0.25, -0.2) is 4.79 Å². The number of carboxylic acids is 1. The minimum atomic E-state index is -1.21. The molecule has 3 amide bonds. The zero-order valence-electron chi connectivity index (χ0n) is 16.8. The van der Waals surface area contributed by atoms with Crippen LogP contribution < -0.4 is 21.3 Å². The second-order valence-corrected chi connectivity index (χ2v) is 7.21. The van der Waals surface area contributed by atoms with Crippen molar-refractivity contribution in [3.63, 3.8) is 0 Å². The predicted octanol–water partition coefficient (Wildman–Crippen LogP) is -1.47. The lowest BCUT2D eigenvalue weighted by molar-refractivity contribution is -0.142. The van der Waals surface area contributed by atoms with Gasteiger partial charge in [0.15, 0.2) is 0 Å². The van der Waals surface area contributed by atoms with E-state index in [0.29, 0.717) is 13.0 Å². The average Bonchev–Trinajstić information content (AvgIpc) is 3.26. The van der Waals surface area contributed by atoms with Gasteiger partial charge in [-0.3, -0.25) is 14.4 Å². The van der Waals surface area contributed by atoms with Crippen LogP contribution in [0.1, 0.15) is 25.3 Å². The number of carbonyl (C=O) groups is 4. The molecule has 0 radical (unpaired) electrons. The number of aliphatic hydroxyl groups is 1. The van der Waals surface area contributed by atoms with E-state index in [-0.39, 0.29) is 6.42 Å². The fraction of sp³-hybridized carbons (Fsp3) is 0.500. The van der Waals surface area contributed by atoms with Gasteiger partial charge in [-0.05, 0) is 31.9 Å². The van der Waals surface area contributed by atoms with Crippen molar-refractivity contribution >= 4 is 23.7 Å². The van der Waals surface area contributed by atoms with Crippen molar-refractivity contribution in [3.8, 4) is 0 Å². The molecule has 1 aromatic rings. The summed E-state index contributed by atoms with van der Waals surface area (Å²) in [5.74, 6) is -3.02. The molecule has 4 unspecified atom stereocenters.